The molecule has 16 heavy (non-hydrogen) atoms. The fourth-order valence-electron chi connectivity index (χ4n) is 1.97. The quantitative estimate of drug-likeness (QED) is 0.610. The second-order valence-corrected chi connectivity index (χ2v) is 5.42. The highest BCUT2D eigenvalue weighted by molar-refractivity contribution is 4.67. The summed E-state index contributed by atoms with van der Waals surface area (Å²) in [5.41, 5.74) is 0. The highest BCUT2D eigenvalue weighted by atomic mass is 15.1. The van der Waals surface area contributed by atoms with Crippen LogP contribution in [0.5, 0.6) is 0 Å². The lowest BCUT2D eigenvalue weighted by atomic mass is 10.0. The van der Waals surface area contributed by atoms with E-state index >= 15 is 0 Å². The van der Waals surface area contributed by atoms with Gasteiger partial charge in [0.2, 0.25) is 0 Å². The molecule has 0 aromatic rings. The summed E-state index contributed by atoms with van der Waals surface area (Å²) >= 11 is 0. The van der Waals surface area contributed by atoms with Crippen molar-refractivity contribution < 1.29 is 0 Å². The van der Waals surface area contributed by atoms with Crippen molar-refractivity contribution in [2.45, 2.75) is 66.0 Å². The van der Waals surface area contributed by atoms with E-state index in [-0.39, 0.29) is 0 Å². The zero-order valence-electron chi connectivity index (χ0n) is 12.2. The van der Waals surface area contributed by atoms with E-state index in [4.69, 9.17) is 0 Å². The highest BCUT2D eigenvalue weighted by Crippen LogP contribution is 2.09. The van der Waals surface area contributed by atoms with Crippen molar-refractivity contribution in [3.8, 4) is 0 Å². The van der Waals surface area contributed by atoms with Gasteiger partial charge in [0.25, 0.3) is 0 Å². The summed E-state index contributed by atoms with van der Waals surface area (Å²) in [6.45, 7) is 13.7. The molecule has 0 saturated carbocycles. The maximum Gasteiger partial charge on any atom is 0.00868 e. The number of rotatable bonds is 9. The van der Waals surface area contributed by atoms with Crippen molar-refractivity contribution in [2.24, 2.45) is 5.92 Å². The molecule has 0 rings (SSSR count). The van der Waals surface area contributed by atoms with Crippen molar-refractivity contribution in [1.82, 2.24) is 10.2 Å². The van der Waals surface area contributed by atoms with Crippen molar-refractivity contribution in [3.63, 3.8) is 0 Å². The van der Waals surface area contributed by atoms with E-state index in [1.807, 2.05) is 0 Å². The van der Waals surface area contributed by atoms with E-state index in [0.717, 1.165) is 12.5 Å². The van der Waals surface area contributed by atoms with Crippen LogP contribution in [0.25, 0.3) is 0 Å². The van der Waals surface area contributed by atoms with Crippen LogP contribution in [-0.2, 0) is 0 Å². The molecule has 2 atom stereocenters. The van der Waals surface area contributed by atoms with Gasteiger partial charge in [-0.1, -0.05) is 27.2 Å². The Morgan fingerprint density at radius 2 is 1.69 bits per heavy atom. The monoisotopic (exact) mass is 228 g/mol. The van der Waals surface area contributed by atoms with Crippen molar-refractivity contribution in [3.05, 3.63) is 0 Å². The topological polar surface area (TPSA) is 15.3 Å². The standard InChI is InChI=1S/C14H32N2/c1-7-15-13(4)10-8-9-11-16(6)14(5)12(2)3/h12-15H,7-11H2,1-6H3. The minimum atomic E-state index is 0.679. The Labute approximate surface area is 103 Å². The summed E-state index contributed by atoms with van der Waals surface area (Å²) in [5, 5.41) is 3.46. The van der Waals surface area contributed by atoms with Crippen LogP contribution >= 0.6 is 0 Å². The predicted octanol–water partition coefficient (Wildman–Crippen LogP) is 3.13. The Kier molecular flexibility index (Phi) is 8.96. The van der Waals surface area contributed by atoms with Gasteiger partial charge in [-0.2, -0.15) is 0 Å². The van der Waals surface area contributed by atoms with Crippen LogP contribution in [0.3, 0.4) is 0 Å². The first-order valence-electron chi connectivity index (χ1n) is 6.92. The zero-order chi connectivity index (χ0) is 12.6. The molecule has 0 aromatic heterocycles. The third kappa shape index (κ3) is 7.24. The molecule has 0 saturated heterocycles. The largest absolute Gasteiger partial charge is 0.315 e. The highest BCUT2D eigenvalue weighted by Gasteiger charge is 2.12. The zero-order valence-corrected chi connectivity index (χ0v) is 12.2. The van der Waals surface area contributed by atoms with Gasteiger partial charge < -0.3 is 10.2 Å². The molecule has 98 valence electrons. The molecule has 0 amide bonds. The molecule has 0 fully saturated rings. The van der Waals surface area contributed by atoms with Gasteiger partial charge in [-0.25, -0.2) is 0 Å². The molecule has 0 bridgehead atoms. The van der Waals surface area contributed by atoms with Gasteiger partial charge in [-0.3, -0.25) is 0 Å². The summed E-state index contributed by atoms with van der Waals surface area (Å²) < 4.78 is 0. The van der Waals surface area contributed by atoms with Gasteiger partial charge in [0.15, 0.2) is 0 Å². The molecule has 0 radical (unpaired) electrons. The number of nitrogens with zero attached hydrogens (tertiary/aromatic N) is 1. The Morgan fingerprint density at radius 3 is 2.19 bits per heavy atom. The Bertz CT molecular complexity index is 157. The van der Waals surface area contributed by atoms with Crippen LogP contribution < -0.4 is 5.32 Å². The lowest BCUT2D eigenvalue weighted by Crippen LogP contribution is -2.34. The first-order chi connectivity index (χ1) is 7.49. The Morgan fingerprint density at radius 1 is 1.06 bits per heavy atom. The normalized spacial score (nSPS) is 15.8. The Balaban J connectivity index is 3.51. The molecule has 0 aliphatic carbocycles. The molecule has 2 heteroatoms. The molecule has 2 nitrogen and oxygen atoms in total. The van der Waals surface area contributed by atoms with E-state index in [1.165, 1.54) is 25.8 Å². The first kappa shape index (κ1) is 15.9. The first-order valence-corrected chi connectivity index (χ1v) is 6.92. The SMILES string of the molecule is CCNC(C)CCCCN(C)C(C)C(C)C. The average Bonchev–Trinajstić information content (AvgIpc) is 2.23. The van der Waals surface area contributed by atoms with Crippen LogP contribution in [0.15, 0.2) is 0 Å². The predicted molar refractivity (Wildman–Crippen MR) is 73.9 cm³/mol. The van der Waals surface area contributed by atoms with Crippen LogP contribution in [0.2, 0.25) is 0 Å². The number of hydrogen-bond acceptors (Lipinski definition) is 2. The van der Waals surface area contributed by atoms with E-state index < -0.39 is 0 Å². The molecular weight excluding hydrogens is 196 g/mol. The van der Waals surface area contributed by atoms with E-state index in [1.54, 1.807) is 0 Å². The second-order valence-electron chi connectivity index (χ2n) is 5.42. The van der Waals surface area contributed by atoms with E-state index in [0.29, 0.717) is 12.1 Å². The molecule has 0 spiro atoms. The lowest BCUT2D eigenvalue weighted by Gasteiger charge is -2.27. The van der Waals surface area contributed by atoms with Gasteiger partial charge in [0.05, 0.1) is 0 Å². The molecule has 0 heterocycles. The van der Waals surface area contributed by atoms with Crippen LogP contribution in [0.1, 0.15) is 53.9 Å². The molecule has 1 N–H and O–H groups in total. The van der Waals surface area contributed by atoms with Crippen LogP contribution in [0.4, 0.5) is 0 Å². The van der Waals surface area contributed by atoms with E-state index in [9.17, 15) is 0 Å². The number of unbranched alkanes of at least 4 members (excludes halogenated alkanes) is 1. The average molecular weight is 228 g/mol. The minimum absolute atomic E-state index is 0.679. The van der Waals surface area contributed by atoms with Gasteiger partial charge in [0, 0.05) is 12.1 Å². The van der Waals surface area contributed by atoms with Gasteiger partial charge >= 0.3 is 0 Å². The summed E-state index contributed by atoms with van der Waals surface area (Å²) in [4.78, 5) is 2.49. The number of nitrogens with one attached hydrogen (secondary N) is 1. The molecule has 0 aromatic carbocycles. The van der Waals surface area contributed by atoms with Gasteiger partial charge in [-0.15, -0.1) is 0 Å². The van der Waals surface area contributed by atoms with E-state index in [2.05, 4.69) is 51.9 Å². The summed E-state index contributed by atoms with van der Waals surface area (Å²) in [7, 11) is 2.25. The third-order valence-corrected chi connectivity index (χ3v) is 3.61. The van der Waals surface area contributed by atoms with Crippen molar-refractivity contribution >= 4 is 0 Å². The van der Waals surface area contributed by atoms with Crippen molar-refractivity contribution in [2.75, 3.05) is 20.1 Å². The lowest BCUT2D eigenvalue weighted by molar-refractivity contribution is 0.203. The Hall–Kier alpha value is -0.0800. The van der Waals surface area contributed by atoms with Gasteiger partial charge in [-0.05, 0) is 52.7 Å². The summed E-state index contributed by atoms with van der Waals surface area (Å²) in [6, 6.07) is 1.38. The fraction of sp³-hybridized carbons (Fsp3) is 1.00. The van der Waals surface area contributed by atoms with Gasteiger partial charge in [0.1, 0.15) is 0 Å². The number of hydrogen-bond donors (Lipinski definition) is 1. The van der Waals surface area contributed by atoms with Crippen LogP contribution in [-0.4, -0.2) is 37.1 Å². The van der Waals surface area contributed by atoms with Crippen LogP contribution in [0, 0.1) is 5.92 Å². The molecule has 0 aliphatic heterocycles. The summed E-state index contributed by atoms with van der Waals surface area (Å²) in [6.07, 6.45) is 3.96. The third-order valence-electron chi connectivity index (χ3n) is 3.61. The second kappa shape index (κ2) is 9.00. The summed E-state index contributed by atoms with van der Waals surface area (Å²) in [5.74, 6) is 0.755. The molecular formula is C14H32N2. The smallest absolute Gasteiger partial charge is 0.00868 e. The fourth-order valence-corrected chi connectivity index (χ4v) is 1.97. The molecule has 0 aliphatic rings. The molecule has 2 unspecified atom stereocenters. The minimum Gasteiger partial charge on any atom is -0.315 e. The maximum absolute atomic E-state index is 3.46. The van der Waals surface area contributed by atoms with Crippen molar-refractivity contribution in [1.29, 1.82) is 0 Å². The maximum atomic E-state index is 3.46.